The minimum Gasteiger partial charge on any atom is -0.397 e. The van der Waals surface area contributed by atoms with Crippen molar-refractivity contribution in [3.63, 3.8) is 0 Å². The van der Waals surface area contributed by atoms with Crippen molar-refractivity contribution in [3.05, 3.63) is 33.8 Å². The van der Waals surface area contributed by atoms with E-state index in [0.717, 1.165) is 6.42 Å². The molecule has 2 heterocycles. The number of allylic oxidation sites excluding steroid dienone is 3. The van der Waals surface area contributed by atoms with Crippen molar-refractivity contribution in [1.82, 2.24) is 9.36 Å². The van der Waals surface area contributed by atoms with Gasteiger partial charge >= 0.3 is 0 Å². The van der Waals surface area contributed by atoms with E-state index in [-0.39, 0.29) is 22.7 Å². The number of rotatable bonds is 1. The van der Waals surface area contributed by atoms with E-state index >= 15 is 0 Å². The molecular weight excluding hydrogens is 258 g/mol. The number of aliphatic imine (C=N–C) groups is 1. The molecule has 0 fully saturated rings. The van der Waals surface area contributed by atoms with Gasteiger partial charge in [0.15, 0.2) is 17.3 Å². The summed E-state index contributed by atoms with van der Waals surface area (Å²) >= 11 is 0. The summed E-state index contributed by atoms with van der Waals surface area (Å²) in [5.74, 6) is 0.167. The lowest BCUT2D eigenvalue weighted by atomic mass is 10.0. The zero-order valence-corrected chi connectivity index (χ0v) is 11.1. The lowest BCUT2D eigenvalue weighted by Gasteiger charge is -2.10. The van der Waals surface area contributed by atoms with Crippen molar-refractivity contribution in [1.29, 1.82) is 0 Å². The molecule has 1 aliphatic carbocycles. The second-order valence-electron chi connectivity index (χ2n) is 4.93. The Labute approximate surface area is 114 Å². The molecule has 0 aromatic carbocycles. The van der Waals surface area contributed by atoms with Crippen molar-refractivity contribution in [3.8, 4) is 0 Å². The van der Waals surface area contributed by atoms with Crippen LogP contribution in [0.3, 0.4) is 0 Å². The number of nitrogens with two attached hydrogens (primary N) is 2. The number of fused-ring (bicyclic) bond motifs is 1. The van der Waals surface area contributed by atoms with Gasteiger partial charge in [0.05, 0.1) is 11.4 Å². The molecule has 7 heteroatoms. The molecule has 1 aromatic rings. The molecule has 1 aromatic heterocycles. The van der Waals surface area contributed by atoms with Gasteiger partial charge in [-0.05, 0) is 25.0 Å². The predicted octanol–water partition coefficient (Wildman–Crippen LogP) is 0.0798. The van der Waals surface area contributed by atoms with Gasteiger partial charge in [-0.1, -0.05) is 0 Å². The fourth-order valence-electron chi connectivity index (χ4n) is 2.57. The highest BCUT2D eigenvalue weighted by Crippen LogP contribution is 2.24. The minimum absolute atomic E-state index is 0.178. The van der Waals surface area contributed by atoms with Crippen molar-refractivity contribution >= 4 is 23.0 Å². The van der Waals surface area contributed by atoms with Crippen molar-refractivity contribution < 1.29 is 4.79 Å². The third-order valence-electron chi connectivity index (χ3n) is 3.52. The smallest absolute Gasteiger partial charge is 0.294 e. The Balaban J connectivity index is 2.15. The van der Waals surface area contributed by atoms with Crippen LogP contribution >= 0.6 is 0 Å². The Kier molecular flexibility index (Phi) is 2.63. The van der Waals surface area contributed by atoms with Gasteiger partial charge < -0.3 is 11.5 Å². The largest absolute Gasteiger partial charge is 0.397 e. The Morgan fingerprint density at radius 1 is 1.15 bits per heavy atom. The number of carbonyl (C=O) groups excluding carboxylic acids is 1. The predicted molar refractivity (Wildman–Crippen MR) is 75.9 cm³/mol. The second-order valence-corrected chi connectivity index (χ2v) is 4.93. The van der Waals surface area contributed by atoms with E-state index in [1.54, 1.807) is 16.3 Å². The van der Waals surface area contributed by atoms with Crippen molar-refractivity contribution in [2.24, 2.45) is 10.7 Å². The summed E-state index contributed by atoms with van der Waals surface area (Å²) in [6, 6.07) is 0. The fourth-order valence-corrected chi connectivity index (χ4v) is 2.57. The quantitative estimate of drug-likeness (QED) is 0.706. The summed E-state index contributed by atoms with van der Waals surface area (Å²) < 4.78 is 3.32. The summed E-state index contributed by atoms with van der Waals surface area (Å²) in [7, 11) is 0. The number of nitrogens with zero attached hydrogens (tertiary/aromatic N) is 3. The molecule has 0 saturated carbocycles. The standard InChI is InChI=1S/C13H15N5O2/c1-7-5-8(19)6-9(14)10(7)16-11-12(15)17-3-2-4-18(17)13(11)20/h5-6H,2-4,14-15H2,1H3/b16-10-. The zero-order chi connectivity index (χ0) is 14.4. The summed E-state index contributed by atoms with van der Waals surface area (Å²) in [5.41, 5.74) is 13.1. The third kappa shape index (κ3) is 1.70. The summed E-state index contributed by atoms with van der Waals surface area (Å²) in [4.78, 5) is 27.9. The highest BCUT2D eigenvalue weighted by molar-refractivity contribution is 6.22. The molecule has 0 spiro atoms. The van der Waals surface area contributed by atoms with Crippen molar-refractivity contribution in [2.75, 3.05) is 5.73 Å². The van der Waals surface area contributed by atoms with Crippen LogP contribution in [0.25, 0.3) is 0 Å². The molecule has 0 atom stereocenters. The maximum absolute atomic E-state index is 12.2. The molecule has 104 valence electrons. The number of hydrogen-bond donors (Lipinski definition) is 2. The first-order valence-corrected chi connectivity index (χ1v) is 6.37. The maximum Gasteiger partial charge on any atom is 0.294 e. The van der Waals surface area contributed by atoms with E-state index in [9.17, 15) is 9.59 Å². The first-order valence-electron chi connectivity index (χ1n) is 6.37. The first kappa shape index (κ1) is 12.5. The lowest BCUT2D eigenvalue weighted by molar-refractivity contribution is -0.110. The van der Waals surface area contributed by atoms with E-state index in [1.807, 2.05) is 0 Å². The summed E-state index contributed by atoms with van der Waals surface area (Å²) in [6.07, 6.45) is 3.63. The van der Waals surface area contributed by atoms with E-state index < -0.39 is 0 Å². The van der Waals surface area contributed by atoms with E-state index in [1.165, 1.54) is 12.2 Å². The number of anilines is 1. The maximum atomic E-state index is 12.2. The molecule has 0 unspecified atom stereocenters. The number of nitrogen functional groups attached to an aromatic ring is 1. The Hall–Kier alpha value is -2.57. The number of carbonyl (C=O) groups is 1. The molecule has 2 aliphatic rings. The topological polar surface area (TPSA) is 108 Å². The Morgan fingerprint density at radius 3 is 2.50 bits per heavy atom. The highest BCUT2D eigenvalue weighted by atomic mass is 16.1. The molecule has 7 nitrogen and oxygen atoms in total. The average Bonchev–Trinajstić information content (AvgIpc) is 2.92. The monoisotopic (exact) mass is 273 g/mol. The van der Waals surface area contributed by atoms with Gasteiger partial charge in [-0.2, -0.15) is 0 Å². The van der Waals surface area contributed by atoms with Crippen LogP contribution in [0.5, 0.6) is 0 Å². The van der Waals surface area contributed by atoms with Gasteiger partial charge in [0, 0.05) is 19.2 Å². The van der Waals surface area contributed by atoms with Crippen LogP contribution in [-0.2, 0) is 17.9 Å². The fraction of sp³-hybridized carbons (Fsp3) is 0.308. The van der Waals surface area contributed by atoms with Gasteiger partial charge in [-0.25, -0.2) is 9.67 Å². The van der Waals surface area contributed by atoms with Gasteiger partial charge in [-0.3, -0.25) is 14.3 Å². The third-order valence-corrected chi connectivity index (χ3v) is 3.52. The Morgan fingerprint density at radius 2 is 1.85 bits per heavy atom. The van der Waals surface area contributed by atoms with Gasteiger partial charge in [0.25, 0.3) is 5.56 Å². The van der Waals surface area contributed by atoms with Crippen LogP contribution < -0.4 is 17.0 Å². The van der Waals surface area contributed by atoms with E-state index in [2.05, 4.69) is 4.99 Å². The number of hydrogen-bond acceptors (Lipinski definition) is 5. The Bertz CT molecular complexity index is 736. The number of aromatic nitrogens is 2. The van der Waals surface area contributed by atoms with Gasteiger partial charge in [0.1, 0.15) is 0 Å². The van der Waals surface area contributed by atoms with Crippen LogP contribution in [0.15, 0.2) is 33.2 Å². The van der Waals surface area contributed by atoms with Crippen LogP contribution in [0.2, 0.25) is 0 Å². The van der Waals surface area contributed by atoms with Crippen LogP contribution in [0.1, 0.15) is 13.3 Å². The highest BCUT2D eigenvalue weighted by Gasteiger charge is 2.23. The zero-order valence-electron chi connectivity index (χ0n) is 11.1. The average molecular weight is 273 g/mol. The summed E-state index contributed by atoms with van der Waals surface area (Å²) in [5, 5.41) is 0. The number of ketones is 1. The van der Waals surface area contributed by atoms with Gasteiger partial charge in [0.2, 0.25) is 0 Å². The van der Waals surface area contributed by atoms with Crippen LogP contribution in [0.4, 0.5) is 11.5 Å². The minimum atomic E-state index is -0.218. The van der Waals surface area contributed by atoms with Crippen LogP contribution in [-0.4, -0.2) is 20.9 Å². The molecule has 0 amide bonds. The SMILES string of the molecule is CC1=CC(=O)C=C(N)/C1=N\c1c(N)n2n(c1=O)CCC2. The van der Waals surface area contributed by atoms with Crippen LogP contribution in [0, 0.1) is 0 Å². The molecule has 1 aliphatic heterocycles. The lowest BCUT2D eigenvalue weighted by Crippen LogP contribution is -2.20. The molecule has 0 radical (unpaired) electrons. The normalized spacial score (nSPS) is 20.1. The molecule has 0 bridgehead atoms. The van der Waals surface area contributed by atoms with Crippen molar-refractivity contribution in [2.45, 2.75) is 26.4 Å². The molecular formula is C13H15N5O2. The molecule has 0 saturated heterocycles. The molecule has 20 heavy (non-hydrogen) atoms. The first-order chi connectivity index (χ1) is 9.49. The van der Waals surface area contributed by atoms with E-state index in [0.29, 0.717) is 30.2 Å². The van der Waals surface area contributed by atoms with Gasteiger partial charge in [-0.15, -0.1) is 0 Å². The summed E-state index contributed by atoms with van der Waals surface area (Å²) in [6.45, 7) is 3.09. The molecule has 4 N–H and O–H groups in total. The van der Waals surface area contributed by atoms with E-state index in [4.69, 9.17) is 11.5 Å². The molecule has 3 rings (SSSR count). The second kappa shape index (κ2) is 4.22.